The van der Waals surface area contributed by atoms with Gasteiger partial charge in [-0.2, -0.15) is 0 Å². The van der Waals surface area contributed by atoms with E-state index in [1.54, 1.807) is 22.7 Å². The van der Waals surface area contributed by atoms with Crippen molar-refractivity contribution in [1.82, 2.24) is 9.38 Å². The van der Waals surface area contributed by atoms with Gasteiger partial charge in [0.1, 0.15) is 11.8 Å². The molecule has 1 fully saturated rings. The van der Waals surface area contributed by atoms with Gasteiger partial charge in [-0.05, 0) is 47.4 Å². The smallest absolute Gasteiger partial charge is 0.231 e. The molecule has 0 saturated heterocycles. The summed E-state index contributed by atoms with van der Waals surface area (Å²) in [5.74, 6) is -0.502. The Morgan fingerprint density at radius 2 is 2.16 bits per heavy atom. The molecule has 0 spiro atoms. The van der Waals surface area contributed by atoms with Crippen molar-refractivity contribution in [2.24, 2.45) is 5.92 Å². The molecule has 2 aromatic heterocycles. The lowest BCUT2D eigenvalue weighted by atomic mass is 10.0. The maximum Gasteiger partial charge on any atom is 0.231 e. The van der Waals surface area contributed by atoms with Crippen LogP contribution in [-0.4, -0.2) is 26.6 Å². The number of hydrogen-bond donors (Lipinski definition) is 2. The Morgan fingerprint density at radius 3 is 2.88 bits per heavy atom. The molecule has 0 bridgehead atoms. The molecule has 4 rings (SSSR count). The number of aliphatic hydroxyl groups excluding tert-OH is 1. The summed E-state index contributed by atoms with van der Waals surface area (Å²) in [6.45, 7) is -0.120. The molecule has 1 aliphatic rings. The Morgan fingerprint density at radius 1 is 1.36 bits per heavy atom. The third-order valence-corrected chi connectivity index (χ3v) is 4.54. The molecular weight excluding hydrogens is 345 g/mol. The van der Waals surface area contributed by atoms with Crippen LogP contribution in [0.4, 0.5) is 10.2 Å². The molecule has 2 N–H and O–H groups in total. The fraction of sp³-hybridized carbons (Fsp3) is 0.222. The van der Waals surface area contributed by atoms with Gasteiger partial charge >= 0.3 is 0 Å². The van der Waals surface area contributed by atoms with E-state index < -0.39 is 12.1 Å². The highest BCUT2D eigenvalue weighted by Crippen LogP contribution is 2.34. The molecule has 25 heavy (non-hydrogen) atoms. The quantitative estimate of drug-likeness (QED) is 0.749. The van der Waals surface area contributed by atoms with E-state index in [2.05, 4.69) is 10.3 Å². The number of anilines is 1. The Bertz CT molecular complexity index is 972. The van der Waals surface area contributed by atoms with Crippen molar-refractivity contribution in [3.63, 3.8) is 0 Å². The predicted molar refractivity (Wildman–Crippen MR) is 93.2 cm³/mol. The van der Waals surface area contributed by atoms with Gasteiger partial charge in [-0.25, -0.2) is 9.37 Å². The number of aliphatic hydroxyl groups is 1. The summed E-state index contributed by atoms with van der Waals surface area (Å²) in [4.78, 5) is 16.1. The second-order valence-electron chi connectivity index (χ2n) is 6.12. The van der Waals surface area contributed by atoms with Gasteiger partial charge in [-0.15, -0.1) is 0 Å². The fourth-order valence-corrected chi connectivity index (χ4v) is 3.04. The summed E-state index contributed by atoms with van der Waals surface area (Å²) in [7, 11) is 0. The van der Waals surface area contributed by atoms with Crippen LogP contribution in [0.2, 0.25) is 5.02 Å². The Balaban J connectivity index is 1.65. The van der Waals surface area contributed by atoms with Gasteiger partial charge in [0.15, 0.2) is 5.82 Å². The molecule has 1 aromatic carbocycles. The van der Waals surface area contributed by atoms with E-state index in [1.165, 1.54) is 0 Å². The van der Waals surface area contributed by atoms with Crippen LogP contribution in [0.25, 0.3) is 16.8 Å². The first-order valence-corrected chi connectivity index (χ1v) is 8.26. The maximum absolute atomic E-state index is 13.0. The van der Waals surface area contributed by atoms with Crippen molar-refractivity contribution in [2.45, 2.75) is 19.2 Å². The van der Waals surface area contributed by atoms with Crippen LogP contribution in [-0.2, 0) is 11.4 Å². The molecule has 0 aliphatic heterocycles. The third-order valence-electron chi connectivity index (χ3n) is 4.30. The molecule has 2 atom stereocenters. The zero-order valence-corrected chi connectivity index (χ0v) is 13.9. The average Bonchev–Trinajstić information content (AvgIpc) is 3.20. The lowest BCUT2D eigenvalue weighted by Gasteiger charge is -2.08. The molecule has 0 radical (unpaired) electrons. The number of pyridine rings is 1. The third kappa shape index (κ3) is 3.10. The summed E-state index contributed by atoms with van der Waals surface area (Å²) in [5, 5.41) is 12.8. The van der Waals surface area contributed by atoms with Crippen LogP contribution in [0.5, 0.6) is 0 Å². The van der Waals surface area contributed by atoms with Crippen molar-refractivity contribution >= 4 is 29.0 Å². The number of amides is 1. The topological polar surface area (TPSA) is 66.6 Å². The van der Waals surface area contributed by atoms with Crippen LogP contribution >= 0.6 is 11.6 Å². The number of aromatic nitrogens is 2. The van der Waals surface area contributed by atoms with Crippen molar-refractivity contribution in [1.29, 1.82) is 0 Å². The van der Waals surface area contributed by atoms with Crippen molar-refractivity contribution in [2.75, 3.05) is 5.32 Å². The van der Waals surface area contributed by atoms with Crippen molar-refractivity contribution in [3.8, 4) is 11.1 Å². The zero-order valence-electron chi connectivity index (χ0n) is 13.1. The van der Waals surface area contributed by atoms with Gasteiger partial charge in [-0.3, -0.25) is 4.79 Å². The molecule has 1 aliphatic carbocycles. The SMILES string of the molecule is O=C(Nc1cn2cc(-c3ccc(Cl)cc3CO)ccc2n1)C1CC1F. The number of halogens is 2. The van der Waals surface area contributed by atoms with E-state index in [0.717, 1.165) is 16.7 Å². The number of fused-ring (bicyclic) bond motifs is 1. The molecule has 3 aromatic rings. The molecule has 7 heteroatoms. The number of hydrogen-bond acceptors (Lipinski definition) is 3. The van der Waals surface area contributed by atoms with E-state index in [0.29, 0.717) is 16.5 Å². The van der Waals surface area contributed by atoms with Crippen molar-refractivity contribution < 1.29 is 14.3 Å². The Hall–Kier alpha value is -2.44. The van der Waals surface area contributed by atoms with Gasteiger partial charge in [-0.1, -0.05) is 17.7 Å². The number of rotatable bonds is 4. The summed E-state index contributed by atoms with van der Waals surface area (Å²) in [6.07, 6.45) is 2.78. The first-order valence-electron chi connectivity index (χ1n) is 7.88. The van der Waals surface area contributed by atoms with Crippen LogP contribution in [0.15, 0.2) is 42.7 Å². The molecule has 2 heterocycles. The maximum atomic E-state index is 13.0. The van der Waals surface area contributed by atoms with Gasteiger partial charge in [0, 0.05) is 11.2 Å². The van der Waals surface area contributed by atoms with E-state index in [9.17, 15) is 14.3 Å². The Kier molecular flexibility index (Phi) is 3.94. The lowest BCUT2D eigenvalue weighted by molar-refractivity contribution is -0.117. The average molecular weight is 360 g/mol. The highest BCUT2D eigenvalue weighted by atomic mass is 35.5. The van der Waals surface area contributed by atoms with Gasteiger partial charge < -0.3 is 14.8 Å². The molecule has 2 unspecified atom stereocenters. The van der Waals surface area contributed by atoms with Crippen LogP contribution in [0.3, 0.4) is 0 Å². The van der Waals surface area contributed by atoms with Crippen LogP contribution < -0.4 is 5.32 Å². The number of carbonyl (C=O) groups excluding carboxylic acids is 1. The van der Waals surface area contributed by atoms with Crippen molar-refractivity contribution in [3.05, 3.63) is 53.3 Å². The number of imidazole rings is 1. The fourth-order valence-electron chi connectivity index (χ4n) is 2.84. The largest absolute Gasteiger partial charge is 0.392 e. The van der Waals surface area contributed by atoms with Gasteiger partial charge in [0.2, 0.25) is 5.91 Å². The lowest BCUT2D eigenvalue weighted by Crippen LogP contribution is -2.15. The minimum Gasteiger partial charge on any atom is -0.392 e. The first kappa shape index (κ1) is 16.1. The molecule has 5 nitrogen and oxygen atoms in total. The summed E-state index contributed by atoms with van der Waals surface area (Å²) in [6, 6.07) is 9.04. The van der Waals surface area contributed by atoms with Crippen LogP contribution in [0, 0.1) is 5.92 Å². The molecule has 1 saturated carbocycles. The summed E-state index contributed by atoms with van der Waals surface area (Å²) < 4.78 is 14.7. The summed E-state index contributed by atoms with van der Waals surface area (Å²) >= 11 is 5.98. The normalized spacial score (nSPS) is 19.2. The second-order valence-corrected chi connectivity index (χ2v) is 6.55. The number of benzene rings is 1. The van der Waals surface area contributed by atoms with Crippen LogP contribution in [0.1, 0.15) is 12.0 Å². The van der Waals surface area contributed by atoms with Gasteiger partial charge in [0.05, 0.1) is 18.7 Å². The zero-order chi connectivity index (χ0) is 17.6. The number of carbonyl (C=O) groups is 1. The molecular formula is C18H15ClFN3O2. The van der Waals surface area contributed by atoms with E-state index in [1.807, 2.05) is 24.4 Å². The molecule has 128 valence electrons. The highest BCUT2D eigenvalue weighted by molar-refractivity contribution is 6.30. The van der Waals surface area contributed by atoms with E-state index in [-0.39, 0.29) is 18.9 Å². The van der Waals surface area contributed by atoms with E-state index in [4.69, 9.17) is 11.6 Å². The molecule has 1 amide bonds. The number of nitrogens with one attached hydrogen (secondary N) is 1. The number of alkyl halides is 1. The van der Waals surface area contributed by atoms with E-state index >= 15 is 0 Å². The summed E-state index contributed by atoms with van der Waals surface area (Å²) in [5.41, 5.74) is 3.13. The minimum absolute atomic E-state index is 0.120. The monoisotopic (exact) mass is 359 g/mol. The minimum atomic E-state index is -1.04. The second kappa shape index (κ2) is 6.13. The number of nitrogens with zero attached hydrogens (tertiary/aromatic N) is 2. The van der Waals surface area contributed by atoms with Gasteiger partial charge in [0.25, 0.3) is 0 Å². The Labute approximate surface area is 148 Å². The highest BCUT2D eigenvalue weighted by Gasteiger charge is 2.43. The first-order chi connectivity index (χ1) is 12.0. The standard InChI is InChI=1S/C18H15ClFN3O2/c19-12-2-3-13(11(5-12)9-24)10-1-4-17-21-16(8-23(17)7-10)22-18(25)14-6-15(14)20/h1-5,7-8,14-15,24H,6,9H2,(H,22,25). The predicted octanol–water partition coefficient (Wildman–Crippen LogP) is 3.44.